The fourth-order valence-electron chi connectivity index (χ4n) is 8.13. The number of rotatable bonds is 54. The first-order valence-electron chi connectivity index (χ1n) is 30.7. The Kier molecular flexibility index (Phi) is 58.4. The SMILES string of the molecule is CC/C=C\C/C=C\C/C=C\C/C=C\C/C=C\C/C=C\CCCCCCCCCCC(=O)OCC(COC(=O)CCCCCCCCCCCCCCC)OC(=O)CCC/C=C\C/C=C\C/C=C\C/C=C\C/C=C\CC. The molecule has 0 rings (SSSR count). The maximum absolute atomic E-state index is 12.9. The number of esters is 3. The van der Waals surface area contributed by atoms with E-state index in [1.807, 2.05) is 0 Å². The third-order valence-corrected chi connectivity index (χ3v) is 12.7. The number of carbonyl (C=O) groups excluding carboxylic acids is 3. The Bertz CT molecular complexity index is 1620. The molecule has 0 aliphatic heterocycles. The van der Waals surface area contributed by atoms with Gasteiger partial charge in [0.2, 0.25) is 0 Å². The second-order valence-corrected chi connectivity index (χ2v) is 19.9. The van der Waals surface area contributed by atoms with Crippen molar-refractivity contribution in [2.45, 2.75) is 271 Å². The molecule has 0 radical (unpaired) electrons. The van der Waals surface area contributed by atoms with E-state index >= 15 is 0 Å². The van der Waals surface area contributed by atoms with E-state index in [4.69, 9.17) is 14.2 Å². The van der Waals surface area contributed by atoms with Crippen LogP contribution in [0.15, 0.2) is 134 Å². The number of allylic oxidation sites excluding steroid dienone is 22. The summed E-state index contributed by atoms with van der Waals surface area (Å²) in [6.45, 7) is 6.36. The first kappa shape index (κ1) is 70.5. The summed E-state index contributed by atoms with van der Waals surface area (Å²) in [4.78, 5) is 38.2. The first-order chi connectivity index (χ1) is 37.0. The van der Waals surface area contributed by atoms with Gasteiger partial charge in [0.15, 0.2) is 6.10 Å². The fraction of sp³-hybridized carbons (Fsp3) is 0.638. The normalized spacial score (nSPS) is 13.1. The molecular weight excluding hydrogens is 925 g/mol. The molecular formula is C69H112O6. The van der Waals surface area contributed by atoms with Crippen LogP contribution in [0.4, 0.5) is 0 Å². The van der Waals surface area contributed by atoms with E-state index in [0.29, 0.717) is 19.3 Å². The zero-order valence-corrected chi connectivity index (χ0v) is 48.5. The van der Waals surface area contributed by atoms with Crippen LogP contribution in [0.2, 0.25) is 0 Å². The van der Waals surface area contributed by atoms with E-state index in [0.717, 1.165) is 122 Å². The molecule has 0 bridgehead atoms. The summed E-state index contributed by atoms with van der Waals surface area (Å²) < 4.78 is 16.8. The Labute approximate surface area is 462 Å². The summed E-state index contributed by atoms with van der Waals surface area (Å²) in [7, 11) is 0. The Balaban J connectivity index is 4.41. The second kappa shape index (κ2) is 62.1. The van der Waals surface area contributed by atoms with Gasteiger partial charge in [-0.3, -0.25) is 14.4 Å². The Morgan fingerprint density at radius 3 is 0.853 bits per heavy atom. The van der Waals surface area contributed by atoms with Crippen molar-refractivity contribution in [2.75, 3.05) is 13.2 Å². The molecule has 0 spiro atoms. The van der Waals surface area contributed by atoms with Gasteiger partial charge in [-0.05, 0) is 109 Å². The summed E-state index contributed by atoms with van der Waals surface area (Å²) in [5.41, 5.74) is 0. The zero-order valence-electron chi connectivity index (χ0n) is 48.5. The smallest absolute Gasteiger partial charge is 0.306 e. The van der Waals surface area contributed by atoms with Crippen LogP contribution in [-0.4, -0.2) is 37.2 Å². The van der Waals surface area contributed by atoms with E-state index in [1.54, 1.807) is 0 Å². The number of carbonyl (C=O) groups is 3. The molecule has 0 aromatic rings. The van der Waals surface area contributed by atoms with Gasteiger partial charge in [-0.15, -0.1) is 0 Å². The monoisotopic (exact) mass is 1040 g/mol. The summed E-state index contributed by atoms with van der Waals surface area (Å²) >= 11 is 0. The van der Waals surface area contributed by atoms with Gasteiger partial charge in [0, 0.05) is 19.3 Å². The highest BCUT2D eigenvalue weighted by Crippen LogP contribution is 2.15. The summed E-state index contributed by atoms with van der Waals surface area (Å²) in [5.74, 6) is -0.972. The Morgan fingerprint density at radius 1 is 0.280 bits per heavy atom. The maximum Gasteiger partial charge on any atom is 0.306 e. The highest BCUT2D eigenvalue weighted by atomic mass is 16.6. The van der Waals surface area contributed by atoms with E-state index in [1.165, 1.54) is 96.3 Å². The van der Waals surface area contributed by atoms with Crippen LogP contribution < -0.4 is 0 Å². The van der Waals surface area contributed by atoms with Crippen LogP contribution >= 0.6 is 0 Å². The predicted molar refractivity (Wildman–Crippen MR) is 325 cm³/mol. The molecule has 0 fully saturated rings. The Hall–Kier alpha value is -4.45. The van der Waals surface area contributed by atoms with Gasteiger partial charge in [-0.25, -0.2) is 0 Å². The molecule has 1 unspecified atom stereocenters. The lowest BCUT2D eigenvalue weighted by molar-refractivity contribution is -0.167. The van der Waals surface area contributed by atoms with Crippen molar-refractivity contribution < 1.29 is 28.6 Å². The molecule has 424 valence electrons. The minimum atomic E-state index is -0.815. The Morgan fingerprint density at radius 2 is 0.533 bits per heavy atom. The van der Waals surface area contributed by atoms with E-state index < -0.39 is 6.10 Å². The van der Waals surface area contributed by atoms with Crippen molar-refractivity contribution in [1.29, 1.82) is 0 Å². The van der Waals surface area contributed by atoms with Crippen molar-refractivity contribution in [3.05, 3.63) is 134 Å². The van der Waals surface area contributed by atoms with Gasteiger partial charge in [0.1, 0.15) is 13.2 Å². The van der Waals surface area contributed by atoms with E-state index in [9.17, 15) is 14.4 Å². The fourth-order valence-corrected chi connectivity index (χ4v) is 8.13. The molecule has 6 nitrogen and oxygen atoms in total. The highest BCUT2D eigenvalue weighted by molar-refractivity contribution is 5.71. The van der Waals surface area contributed by atoms with Gasteiger partial charge >= 0.3 is 17.9 Å². The molecule has 0 heterocycles. The standard InChI is InChI=1S/C69H112O6/c1-4-7-10-13-16-19-22-25-27-29-30-31-32-33-34-35-36-37-38-40-41-44-47-50-53-56-59-62-68(71)74-65-66(64-73-67(70)61-58-55-52-49-46-43-24-21-18-15-12-9-6-3)75-69(72)63-60-57-54-51-48-45-42-39-28-26-23-20-17-14-11-8-5-2/h7-8,10-11,16-17,19-20,25-28,30-31,33-34,36-37,42,45,51,54,66H,4-6,9,12-15,18,21-24,29,32,35,38-41,43-44,46-50,52-53,55-65H2,1-3H3/b10-7-,11-8-,19-16-,20-17-,27-25-,28-26-,31-30-,34-33-,37-36-,45-42-,54-51-. The topological polar surface area (TPSA) is 78.9 Å². The van der Waals surface area contributed by atoms with Crippen molar-refractivity contribution in [3.8, 4) is 0 Å². The van der Waals surface area contributed by atoms with Crippen LogP contribution in [0, 0.1) is 0 Å². The minimum absolute atomic E-state index is 0.105. The summed E-state index contributed by atoms with van der Waals surface area (Å²) in [6.07, 6.45) is 87.4. The lowest BCUT2D eigenvalue weighted by Crippen LogP contribution is -2.30. The van der Waals surface area contributed by atoms with Gasteiger partial charge < -0.3 is 14.2 Å². The van der Waals surface area contributed by atoms with Crippen molar-refractivity contribution in [3.63, 3.8) is 0 Å². The van der Waals surface area contributed by atoms with Gasteiger partial charge in [-0.2, -0.15) is 0 Å². The number of hydrogen-bond donors (Lipinski definition) is 0. The molecule has 75 heavy (non-hydrogen) atoms. The van der Waals surface area contributed by atoms with E-state index in [2.05, 4.69) is 154 Å². The highest BCUT2D eigenvalue weighted by Gasteiger charge is 2.19. The summed E-state index contributed by atoms with van der Waals surface area (Å²) in [6, 6.07) is 0. The van der Waals surface area contributed by atoms with Gasteiger partial charge in [-0.1, -0.05) is 270 Å². The predicted octanol–water partition coefficient (Wildman–Crippen LogP) is 21.0. The molecule has 0 N–H and O–H groups in total. The van der Waals surface area contributed by atoms with Crippen LogP contribution in [-0.2, 0) is 28.6 Å². The molecule has 0 saturated carbocycles. The maximum atomic E-state index is 12.9. The van der Waals surface area contributed by atoms with E-state index in [-0.39, 0.29) is 37.5 Å². The molecule has 1 atom stereocenters. The average molecular weight is 1040 g/mol. The van der Waals surface area contributed by atoms with Crippen LogP contribution in [0.1, 0.15) is 265 Å². The van der Waals surface area contributed by atoms with Crippen LogP contribution in [0.5, 0.6) is 0 Å². The van der Waals surface area contributed by atoms with Gasteiger partial charge in [0.25, 0.3) is 0 Å². The molecule has 0 aromatic heterocycles. The molecule has 6 heteroatoms. The average Bonchev–Trinajstić information content (AvgIpc) is 3.41. The third kappa shape index (κ3) is 60.3. The largest absolute Gasteiger partial charge is 0.462 e. The van der Waals surface area contributed by atoms with Crippen LogP contribution in [0.25, 0.3) is 0 Å². The number of unbranched alkanes of at least 4 members (excludes halogenated alkanes) is 21. The zero-order chi connectivity index (χ0) is 54.3. The van der Waals surface area contributed by atoms with Crippen molar-refractivity contribution >= 4 is 17.9 Å². The third-order valence-electron chi connectivity index (χ3n) is 12.7. The molecule has 0 aliphatic carbocycles. The lowest BCUT2D eigenvalue weighted by atomic mass is 10.0. The van der Waals surface area contributed by atoms with Crippen LogP contribution in [0.3, 0.4) is 0 Å². The molecule has 0 saturated heterocycles. The quantitative estimate of drug-likeness (QED) is 0.0261. The lowest BCUT2D eigenvalue weighted by Gasteiger charge is -2.18. The minimum Gasteiger partial charge on any atom is -0.462 e. The molecule has 0 amide bonds. The number of hydrogen-bond acceptors (Lipinski definition) is 6. The molecule has 0 aromatic carbocycles. The van der Waals surface area contributed by atoms with Crippen molar-refractivity contribution in [2.24, 2.45) is 0 Å². The van der Waals surface area contributed by atoms with Gasteiger partial charge in [0.05, 0.1) is 0 Å². The first-order valence-corrected chi connectivity index (χ1v) is 30.7. The second-order valence-electron chi connectivity index (χ2n) is 19.9. The molecule has 0 aliphatic rings. The number of ether oxygens (including phenoxy) is 3. The summed E-state index contributed by atoms with van der Waals surface area (Å²) in [5, 5.41) is 0. The van der Waals surface area contributed by atoms with Crippen molar-refractivity contribution in [1.82, 2.24) is 0 Å².